The SMILES string of the molecule is Cc1cc(-c2[nH]c3ccc(C4CCN(CC(N)=O)CC4)cc3c2C(C)C)cc2cnnn12. The third kappa shape index (κ3) is 3.66. The first kappa shape index (κ1) is 20.7. The van der Waals surface area contributed by atoms with Gasteiger partial charge in [0.25, 0.3) is 0 Å². The van der Waals surface area contributed by atoms with Gasteiger partial charge in [-0.25, -0.2) is 4.52 Å². The van der Waals surface area contributed by atoms with Crippen LogP contribution in [0.3, 0.4) is 0 Å². The van der Waals surface area contributed by atoms with Crippen molar-refractivity contribution in [2.45, 2.75) is 45.4 Å². The number of hydrogen-bond donors (Lipinski definition) is 2. The summed E-state index contributed by atoms with van der Waals surface area (Å²) in [6, 6.07) is 11.2. The van der Waals surface area contributed by atoms with Crippen molar-refractivity contribution >= 4 is 22.3 Å². The van der Waals surface area contributed by atoms with Crippen LogP contribution in [0.1, 0.15) is 55.3 Å². The molecule has 0 bridgehead atoms. The summed E-state index contributed by atoms with van der Waals surface area (Å²) in [5.41, 5.74) is 13.7. The van der Waals surface area contributed by atoms with Gasteiger partial charge in [0, 0.05) is 22.2 Å². The van der Waals surface area contributed by atoms with Crippen molar-refractivity contribution in [3.8, 4) is 11.3 Å². The molecule has 0 aliphatic carbocycles. The van der Waals surface area contributed by atoms with E-state index in [2.05, 4.69) is 71.3 Å². The predicted octanol–water partition coefficient (Wildman–Crippen LogP) is 3.97. The molecule has 4 heterocycles. The lowest BCUT2D eigenvalue weighted by Gasteiger charge is -2.31. The van der Waals surface area contributed by atoms with Gasteiger partial charge in [0.1, 0.15) is 0 Å². The first-order valence-corrected chi connectivity index (χ1v) is 11.4. The van der Waals surface area contributed by atoms with Crippen LogP contribution in [-0.2, 0) is 4.79 Å². The summed E-state index contributed by atoms with van der Waals surface area (Å²) < 4.78 is 1.86. The molecule has 4 aromatic rings. The van der Waals surface area contributed by atoms with E-state index >= 15 is 0 Å². The number of nitrogens with one attached hydrogen (secondary N) is 1. The number of fused-ring (bicyclic) bond motifs is 2. The summed E-state index contributed by atoms with van der Waals surface area (Å²) in [5, 5.41) is 9.52. The summed E-state index contributed by atoms with van der Waals surface area (Å²) in [6.07, 6.45) is 3.91. The number of aryl methyl sites for hydroxylation is 1. The maximum absolute atomic E-state index is 11.2. The van der Waals surface area contributed by atoms with Gasteiger partial charge in [-0.3, -0.25) is 9.69 Å². The summed E-state index contributed by atoms with van der Waals surface area (Å²) >= 11 is 0. The molecule has 0 spiro atoms. The number of amides is 1. The van der Waals surface area contributed by atoms with Crippen LogP contribution in [0, 0.1) is 6.92 Å². The number of rotatable bonds is 5. The van der Waals surface area contributed by atoms with Gasteiger partial charge in [0.05, 0.1) is 24.0 Å². The van der Waals surface area contributed by atoms with E-state index in [1.807, 2.05) is 4.52 Å². The average molecular weight is 431 g/mol. The molecule has 0 radical (unpaired) electrons. The summed E-state index contributed by atoms with van der Waals surface area (Å²) in [5.74, 6) is 0.649. The number of pyridine rings is 1. The largest absolute Gasteiger partial charge is 0.369 e. The highest BCUT2D eigenvalue weighted by atomic mass is 16.1. The van der Waals surface area contributed by atoms with Crippen LogP contribution in [0.2, 0.25) is 0 Å². The number of nitrogens with two attached hydrogens (primary N) is 1. The zero-order chi connectivity index (χ0) is 22.4. The maximum Gasteiger partial charge on any atom is 0.231 e. The molecule has 1 saturated heterocycles. The fraction of sp³-hybridized carbons (Fsp3) is 0.400. The predicted molar refractivity (Wildman–Crippen MR) is 127 cm³/mol. The number of piperidine rings is 1. The first-order chi connectivity index (χ1) is 15.4. The van der Waals surface area contributed by atoms with E-state index in [-0.39, 0.29) is 5.91 Å². The molecule has 0 saturated carbocycles. The number of H-pyrrole nitrogens is 1. The Kier molecular flexibility index (Phi) is 5.21. The Hall–Kier alpha value is -3.19. The molecule has 166 valence electrons. The normalized spacial score (nSPS) is 15.9. The number of likely N-dealkylation sites (tertiary alicyclic amines) is 1. The van der Waals surface area contributed by atoms with Gasteiger partial charge in [0.2, 0.25) is 5.91 Å². The van der Waals surface area contributed by atoms with E-state index in [1.165, 1.54) is 33.3 Å². The van der Waals surface area contributed by atoms with Crippen molar-refractivity contribution in [1.82, 2.24) is 24.7 Å². The van der Waals surface area contributed by atoms with Crippen LogP contribution in [0.4, 0.5) is 0 Å². The number of carbonyl (C=O) groups is 1. The monoisotopic (exact) mass is 430 g/mol. The smallest absolute Gasteiger partial charge is 0.231 e. The van der Waals surface area contributed by atoms with Gasteiger partial charge >= 0.3 is 0 Å². The minimum Gasteiger partial charge on any atom is -0.369 e. The Bertz CT molecular complexity index is 1290. The van der Waals surface area contributed by atoms with Gasteiger partial charge in [0.15, 0.2) is 0 Å². The van der Waals surface area contributed by atoms with Crippen molar-refractivity contribution in [3.05, 3.63) is 53.3 Å². The lowest BCUT2D eigenvalue weighted by molar-refractivity contribution is -0.119. The van der Waals surface area contributed by atoms with Crippen LogP contribution in [0.15, 0.2) is 36.5 Å². The number of primary amides is 1. The summed E-state index contributed by atoms with van der Waals surface area (Å²) in [7, 11) is 0. The van der Waals surface area contributed by atoms with E-state index < -0.39 is 0 Å². The van der Waals surface area contributed by atoms with E-state index in [0.29, 0.717) is 18.4 Å². The minimum atomic E-state index is -0.244. The van der Waals surface area contributed by atoms with E-state index in [1.54, 1.807) is 6.20 Å². The summed E-state index contributed by atoms with van der Waals surface area (Å²) in [6.45, 7) is 8.77. The standard InChI is InChI=1S/C25H30N6O/c1-15(2)24-21-12-18(17-6-8-30(9-7-17)14-23(26)32)4-5-22(21)28-25(24)19-10-16(3)31-20(11-19)13-27-29-31/h4-5,10-13,15,17,28H,6-9,14H2,1-3H3,(H2,26,32). The molecular weight excluding hydrogens is 400 g/mol. The Balaban J connectivity index is 1.52. The second-order valence-electron chi connectivity index (χ2n) is 9.35. The van der Waals surface area contributed by atoms with Crippen molar-refractivity contribution in [2.75, 3.05) is 19.6 Å². The highest BCUT2D eigenvalue weighted by Crippen LogP contribution is 2.38. The Morgan fingerprint density at radius 1 is 1.22 bits per heavy atom. The molecule has 3 aromatic heterocycles. The van der Waals surface area contributed by atoms with Crippen molar-refractivity contribution in [2.24, 2.45) is 5.73 Å². The van der Waals surface area contributed by atoms with Gasteiger partial charge in [-0.05, 0) is 80.1 Å². The molecule has 5 rings (SSSR count). The Morgan fingerprint density at radius 3 is 2.72 bits per heavy atom. The quantitative estimate of drug-likeness (QED) is 0.501. The number of aromatic amines is 1. The molecule has 7 nitrogen and oxygen atoms in total. The Labute approximate surface area is 187 Å². The average Bonchev–Trinajstić information content (AvgIpc) is 3.38. The molecule has 0 unspecified atom stereocenters. The molecular formula is C25H30N6O. The minimum absolute atomic E-state index is 0.244. The second-order valence-corrected chi connectivity index (χ2v) is 9.35. The molecule has 1 aromatic carbocycles. The molecule has 1 aliphatic heterocycles. The highest BCUT2D eigenvalue weighted by molar-refractivity contribution is 5.92. The fourth-order valence-electron chi connectivity index (χ4n) is 5.20. The molecule has 1 aliphatic rings. The number of carbonyl (C=O) groups excluding carboxylic acids is 1. The third-order valence-corrected chi connectivity index (χ3v) is 6.74. The first-order valence-electron chi connectivity index (χ1n) is 11.4. The van der Waals surface area contributed by atoms with Crippen LogP contribution in [0.5, 0.6) is 0 Å². The molecule has 1 fully saturated rings. The van der Waals surface area contributed by atoms with Gasteiger partial charge in [-0.2, -0.15) is 0 Å². The van der Waals surface area contributed by atoms with Crippen molar-refractivity contribution in [3.63, 3.8) is 0 Å². The van der Waals surface area contributed by atoms with Gasteiger partial charge < -0.3 is 10.7 Å². The third-order valence-electron chi connectivity index (χ3n) is 6.74. The second kappa shape index (κ2) is 8.06. The molecule has 3 N–H and O–H groups in total. The lowest BCUT2D eigenvalue weighted by atomic mass is 9.87. The fourth-order valence-corrected chi connectivity index (χ4v) is 5.20. The lowest BCUT2D eigenvalue weighted by Crippen LogP contribution is -2.39. The van der Waals surface area contributed by atoms with Crippen LogP contribution >= 0.6 is 0 Å². The topological polar surface area (TPSA) is 92.3 Å². The highest BCUT2D eigenvalue weighted by Gasteiger charge is 2.23. The summed E-state index contributed by atoms with van der Waals surface area (Å²) in [4.78, 5) is 17.1. The van der Waals surface area contributed by atoms with Crippen molar-refractivity contribution in [1.29, 1.82) is 0 Å². The van der Waals surface area contributed by atoms with Crippen LogP contribution in [-0.4, -0.2) is 50.3 Å². The van der Waals surface area contributed by atoms with E-state index in [0.717, 1.165) is 37.1 Å². The molecule has 1 amide bonds. The van der Waals surface area contributed by atoms with Crippen LogP contribution in [0.25, 0.3) is 27.7 Å². The number of nitrogens with zero attached hydrogens (tertiary/aromatic N) is 4. The number of benzene rings is 1. The number of hydrogen-bond acceptors (Lipinski definition) is 4. The zero-order valence-electron chi connectivity index (χ0n) is 18.9. The maximum atomic E-state index is 11.2. The molecule has 0 atom stereocenters. The van der Waals surface area contributed by atoms with E-state index in [9.17, 15) is 4.79 Å². The molecule has 32 heavy (non-hydrogen) atoms. The van der Waals surface area contributed by atoms with Gasteiger partial charge in [-0.15, -0.1) is 5.10 Å². The Morgan fingerprint density at radius 2 is 2.00 bits per heavy atom. The molecule has 7 heteroatoms. The number of aromatic nitrogens is 4. The van der Waals surface area contributed by atoms with Gasteiger partial charge in [-0.1, -0.05) is 25.1 Å². The zero-order valence-corrected chi connectivity index (χ0v) is 18.9. The van der Waals surface area contributed by atoms with Crippen molar-refractivity contribution < 1.29 is 4.79 Å². The van der Waals surface area contributed by atoms with Crippen LogP contribution < -0.4 is 5.73 Å². The van der Waals surface area contributed by atoms with E-state index in [4.69, 9.17) is 5.73 Å².